The Labute approximate surface area is 106 Å². The Morgan fingerprint density at radius 3 is 2.56 bits per heavy atom. The number of carbonyl (C=O) groups is 1. The monoisotopic (exact) mass is 251 g/mol. The summed E-state index contributed by atoms with van der Waals surface area (Å²) in [6.07, 6.45) is -0.981. The van der Waals surface area contributed by atoms with Crippen molar-refractivity contribution in [2.75, 3.05) is 20.2 Å². The van der Waals surface area contributed by atoms with Crippen molar-refractivity contribution in [2.45, 2.75) is 18.4 Å². The van der Waals surface area contributed by atoms with Crippen molar-refractivity contribution in [3.8, 4) is 5.75 Å². The highest BCUT2D eigenvalue weighted by Crippen LogP contribution is 2.29. The molecule has 18 heavy (non-hydrogen) atoms. The number of carboxylic acid groups (broad SMARTS) is 1. The number of nitrogens with zero attached hydrogens (tertiary/aromatic N) is 1. The van der Waals surface area contributed by atoms with Crippen LogP contribution in [0.25, 0.3) is 0 Å². The van der Waals surface area contributed by atoms with Crippen molar-refractivity contribution >= 4 is 6.09 Å². The molecule has 5 heteroatoms. The molecule has 1 aromatic carbocycles. The Hall–Kier alpha value is -1.75. The van der Waals surface area contributed by atoms with Gasteiger partial charge < -0.3 is 19.8 Å². The van der Waals surface area contributed by atoms with Crippen LogP contribution in [0.5, 0.6) is 5.75 Å². The van der Waals surface area contributed by atoms with Gasteiger partial charge in [-0.25, -0.2) is 4.79 Å². The van der Waals surface area contributed by atoms with E-state index in [1.54, 1.807) is 7.11 Å². The molecule has 2 N–H and O–H groups in total. The van der Waals surface area contributed by atoms with Crippen molar-refractivity contribution in [1.29, 1.82) is 0 Å². The van der Waals surface area contributed by atoms with E-state index in [9.17, 15) is 9.90 Å². The lowest BCUT2D eigenvalue weighted by molar-refractivity contribution is 0.0504. The first-order valence-electron chi connectivity index (χ1n) is 5.91. The second-order valence-corrected chi connectivity index (χ2v) is 4.46. The molecule has 0 spiro atoms. The zero-order valence-corrected chi connectivity index (χ0v) is 10.2. The maximum absolute atomic E-state index is 10.8. The second-order valence-electron chi connectivity index (χ2n) is 4.46. The fraction of sp³-hybridized carbons (Fsp3) is 0.462. The summed E-state index contributed by atoms with van der Waals surface area (Å²) in [5.74, 6) is 0.766. The lowest BCUT2D eigenvalue weighted by atomic mass is 9.87. The van der Waals surface area contributed by atoms with E-state index >= 15 is 0 Å². The lowest BCUT2D eigenvalue weighted by Crippen LogP contribution is -2.45. The molecular formula is C13H17NO4. The molecule has 1 amide bonds. The molecule has 2 rings (SSSR count). The minimum absolute atomic E-state index is 0.00786. The fourth-order valence-electron chi connectivity index (χ4n) is 2.35. The van der Waals surface area contributed by atoms with Gasteiger partial charge in [-0.3, -0.25) is 0 Å². The summed E-state index contributed by atoms with van der Waals surface area (Å²) < 4.78 is 5.08. The van der Waals surface area contributed by atoms with Gasteiger partial charge in [0.1, 0.15) is 5.75 Å². The standard InChI is InChI=1S/C13H17NO4/c1-18-10-4-2-9(3-5-10)11-6-7-14(13(16)17)8-12(11)15/h2-5,11-12,15H,6-8H2,1H3,(H,16,17). The second kappa shape index (κ2) is 5.27. The van der Waals surface area contributed by atoms with Crippen LogP contribution in [0.4, 0.5) is 4.79 Å². The van der Waals surface area contributed by atoms with E-state index in [1.807, 2.05) is 24.3 Å². The molecule has 98 valence electrons. The summed E-state index contributed by atoms with van der Waals surface area (Å²) in [5, 5.41) is 18.9. The Balaban J connectivity index is 2.07. The number of piperidine rings is 1. The van der Waals surface area contributed by atoms with Crippen molar-refractivity contribution in [3.63, 3.8) is 0 Å². The number of ether oxygens (including phenoxy) is 1. The summed E-state index contributed by atoms with van der Waals surface area (Å²) in [6.45, 7) is 0.634. The van der Waals surface area contributed by atoms with Crippen LogP contribution in [-0.4, -0.2) is 47.5 Å². The number of likely N-dealkylation sites (tertiary alicyclic amines) is 1. The fourth-order valence-corrected chi connectivity index (χ4v) is 2.35. The number of benzene rings is 1. The summed E-state index contributed by atoms with van der Waals surface area (Å²) in [6, 6.07) is 7.55. The highest BCUT2D eigenvalue weighted by molar-refractivity contribution is 5.65. The maximum atomic E-state index is 10.8. The zero-order valence-electron chi connectivity index (χ0n) is 10.2. The van der Waals surface area contributed by atoms with Gasteiger partial charge in [0.25, 0.3) is 0 Å². The number of aliphatic hydroxyl groups is 1. The quantitative estimate of drug-likeness (QED) is 0.836. The number of amides is 1. The van der Waals surface area contributed by atoms with Gasteiger partial charge in [-0.15, -0.1) is 0 Å². The molecule has 1 aromatic rings. The third-order valence-electron chi connectivity index (χ3n) is 3.40. The maximum Gasteiger partial charge on any atom is 0.407 e. The first-order chi connectivity index (χ1) is 8.61. The average Bonchev–Trinajstić information content (AvgIpc) is 2.38. The molecule has 1 aliphatic rings. The topological polar surface area (TPSA) is 70.0 Å². The Morgan fingerprint density at radius 2 is 2.06 bits per heavy atom. The van der Waals surface area contributed by atoms with E-state index in [4.69, 9.17) is 9.84 Å². The van der Waals surface area contributed by atoms with E-state index in [0.29, 0.717) is 13.0 Å². The molecule has 5 nitrogen and oxygen atoms in total. The minimum Gasteiger partial charge on any atom is -0.497 e. The van der Waals surface area contributed by atoms with E-state index in [-0.39, 0.29) is 12.5 Å². The van der Waals surface area contributed by atoms with Crippen molar-refractivity contribution in [3.05, 3.63) is 29.8 Å². The average molecular weight is 251 g/mol. The Morgan fingerprint density at radius 1 is 1.39 bits per heavy atom. The first kappa shape index (κ1) is 12.7. The predicted molar refractivity (Wildman–Crippen MR) is 66.0 cm³/mol. The third kappa shape index (κ3) is 2.56. The largest absolute Gasteiger partial charge is 0.497 e. The minimum atomic E-state index is -0.970. The van der Waals surface area contributed by atoms with Gasteiger partial charge in [-0.1, -0.05) is 12.1 Å². The smallest absolute Gasteiger partial charge is 0.407 e. The van der Waals surface area contributed by atoms with E-state index < -0.39 is 12.2 Å². The summed E-state index contributed by atoms with van der Waals surface area (Å²) in [7, 11) is 1.61. The molecule has 1 heterocycles. The first-order valence-corrected chi connectivity index (χ1v) is 5.91. The normalized spacial score (nSPS) is 23.8. The molecule has 0 bridgehead atoms. The number of rotatable bonds is 2. The Kier molecular flexibility index (Phi) is 3.72. The highest BCUT2D eigenvalue weighted by atomic mass is 16.5. The van der Waals surface area contributed by atoms with Gasteiger partial charge >= 0.3 is 6.09 Å². The molecule has 0 aromatic heterocycles. The van der Waals surface area contributed by atoms with Gasteiger partial charge in [0.2, 0.25) is 0 Å². The van der Waals surface area contributed by atoms with Gasteiger partial charge in [0, 0.05) is 12.5 Å². The van der Waals surface area contributed by atoms with E-state index in [2.05, 4.69) is 0 Å². The van der Waals surface area contributed by atoms with Crippen LogP contribution in [0.3, 0.4) is 0 Å². The van der Waals surface area contributed by atoms with Crippen molar-refractivity contribution in [2.24, 2.45) is 0 Å². The number of β-amino-alcohol motifs (C(OH)–C–C–N with tert-alkyl or cyclic N) is 1. The van der Waals surface area contributed by atoms with E-state index in [0.717, 1.165) is 11.3 Å². The van der Waals surface area contributed by atoms with Crippen LogP contribution in [0.1, 0.15) is 17.9 Å². The Bertz CT molecular complexity index is 418. The molecule has 0 radical (unpaired) electrons. The summed E-state index contributed by atoms with van der Waals surface area (Å²) in [4.78, 5) is 12.1. The van der Waals surface area contributed by atoms with Crippen LogP contribution in [-0.2, 0) is 0 Å². The molecular weight excluding hydrogens is 234 g/mol. The van der Waals surface area contributed by atoms with Gasteiger partial charge in [-0.2, -0.15) is 0 Å². The van der Waals surface area contributed by atoms with Crippen LogP contribution in [0.2, 0.25) is 0 Å². The van der Waals surface area contributed by atoms with Gasteiger partial charge in [0.15, 0.2) is 0 Å². The summed E-state index contributed by atoms with van der Waals surface area (Å²) >= 11 is 0. The van der Waals surface area contributed by atoms with E-state index in [1.165, 1.54) is 4.90 Å². The zero-order chi connectivity index (χ0) is 13.1. The van der Waals surface area contributed by atoms with Gasteiger partial charge in [0.05, 0.1) is 19.8 Å². The molecule has 1 fully saturated rings. The number of aliphatic hydroxyl groups excluding tert-OH is 1. The van der Waals surface area contributed by atoms with Crippen LogP contribution >= 0.6 is 0 Å². The lowest BCUT2D eigenvalue weighted by Gasteiger charge is -2.34. The molecule has 0 aliphatic carbocycles. The number of hydrogen-bond acceptors (Lipinski definition) is 3. The molecule has 2 unspecified atom stereocenters. The summed E-state index contributed by atoms with van der Waals surface area (Å²) in [5.41, 5.74) is 1.02. The van der Waals surface area contributed by atoms with Crippen molar-refractivity contribution < 1.29 is 19.7 Å². The predicted octanol–water partition coefficient (Wildman–Crippen LogP) is 1.52. The third-order valence-corrected chi connectivity index (χ3v) is 3.40. The van der Waals surface area contributed by atoms with Crippen LogP contribution in [0.15, 0.2) is 24.3 Å². The van der Waals surface area contributed by atoms with Crippen LogP contribution in [0, 0.1) is 0 Å². The molecule has 0 saturated carbocycles. The van der Waals surface area contributed by atoms with Crippen LogP contribution < -0.4 is 4.74 Å². The highest BCUT2D eigenvalue weighted by Gasteiger charge is 2.30. The molecule has 2 atom stereocenters. The number of methoxy groups -OCH3 is 1. The number of hydrogen-bond donors (Lipinski definition) is 2. The van der Waals surface area contributed by atoms with Crippen molar-refractivity contribution in [1.82, 2.24) is 4.90 Å². The molecule has 1 aliphatic heterocycles. The SMILES string of the molecule is COc1ccc(C2CCN(C(=O)O)CC2O)cc1. The molecule has 1 saturated heterocycles. The van der Waals surface area contributed by atoms with Gasteiger partial charge in [-0.05, 0) is 24.1 Å².